The van der Waals surface area contributed by atoms with Gasteiger partial charge in [-0.1, -0.05) is 0 Å². The summed E-state index contributed by atoms with van der Waals surface area (Å²) in [6, 6.07) is 6.03. The molecule has 0 heterocycles. The van der Waals surface area contributed by atoms with Crippen LogP contribution in [0.3, 0.4) is 0 Å². The van der Waals surface area contributed by atoms with E-state index in [1.807, 2.05) is 0 Å². The minimum atomic E-state index is -1.17. The van der Waals surface area contributed by atoms with Gasteiger partial charge in [0.2, 0.25) is 0 Å². The van der Waals surface area contributed by atoms with Crippen molar-refractivity contribution in [3.63, 3.8) is 0 Å². The highest BCUT2D eigenvalue weighted by atomic mass is 16.5. The fourth-order valence-electron chi connectivity index (χ4n) is 0.727. The fraction of sp³-hybridized carbons (Fsp3) is 0.125. The van der Waals surface area contributed by atoms with Crippen molar-refractivity contribution in [1.29, 1.82) is 0 Å². The lowest BCUT2D eigenvalue weighted by Crippen LogP contribution is -2.21. The van der Waals surface area contributed by atoms with Gasteiger partial charge < -0.3 is 14.6 Å². The second-order valence-corrected chi connectivity index (χ2v) is 2.02. The molecule has 1 aromatic carbocycles. The Morgan fingerprint density at radius 2 is 1.91 bits per heavy atom. The summed E-state index contributed by atoms with van der Waals surface area (Å²) >= 11 is 0. The molecule has 0 radical (unpaired) electrons. The van der Waals surface area contributed by atoms with Gasteiger partial charge in [-0.05, 0) is 29.8 Å². The van der Waals surface area contributed by atoms with Crippen LogP contribution in [-0.2, 0) is 0 Å². The lowest BCUT2D eigenvalue weighted by atomic mass is 10.2. The lowest BCUT2D eigenvalue weighted by Gasteiger charge is -2.02. The van der Waals surface area contributed by atoms with Gasteiger partial charge in [-0.15, -0.1) is 0 Å². The molecule has 11 heavy (non-hydrogen) atoms. The van der Waals surface area contributed by atoms with Crippen molar-refractivity contribution in [2.24, 2.45) is 0 Å². The summed E-state index contributed by atoms with van der Waals surface area (Å²) in [4.78, 5) is 10.2. The van der Waals surface area contributed by atoms with Crippen molar-refractivity contribution in [1.82, 2.24) is 0 Å². The molecule has 0 saturated heterocycles. The van der Waals surface area contributed by atoms with Crippen LogP contribution in [0, 0.1) is 0 Å². The van der Waals surface area contributed by atoms with E-state index in [1.165, 1.54) is 19.2 Å². The maximum Gasteiger partial charge on any atom is 0.118 e. The highest BCUT2D eigenvalue weighted by Crippen LogP contribution is 2.10. The number of hydrogen-bond acceptors (Lipinski definition) is 3. The number of aromatic carboxylic acids is 1. The van der Waals surface area contributed by atoms with Gasteiger partial charge in [-0.3, -0.25) is 0 Å². The Labute approximate surface area is 64.2 Å². The molecule has 0 amide bonds. The summed E-state index contributed by atoms with van der Waals surface area (Å²) in [6.07, 6.45) is 0. The zero-order valence-corrected chi connectivity index (χ0v) is 6.03. The largest absolute Gasteiger partial charge is 0.545 e. The Kier molecular flexibility index (Phi) is 2.11. The van der Waals surface area contributed by atoms with E-state index in [0.717, 1.165) is 0 Å². The lowest BCUT2D eigenvalue weighted by molar-refractivity contribution is -0.255. The molecule has 1 rings (SSSR count). The minimum Gasteiger partial charge on any atom is -0.545 e. The Morgan fingerprint density at radius 3 is 2.27 bits per heavy atom. The molecule has 0 fully saturated rings. The van der Waals surface area contributed by atoms with Crippen LogP contribution in [0.1, 0.15) is 10.4 Å². The zero-order chi connectivity index (χ0) is 8.27. The van der Waals surface area contributed by atoms with Crippen LogP contribution >= 0.6 is 0 Å². The normalized spacial score (nSPS) is 9.18. The molecule has 0 bridgehead atoms. The van der Waals surface area contributed by atoms with E-state index in [0.29, 0.717) is 5.75 Å². The monoisotopic (exact) mass is 151 g/mol. The van der Waals surface area contributed by atoms with Crippen LogP contribution in [0.5, 0.6) is 5.75 Å². The summed E-state index contributed by atoms with van der Waals surface area (Å²) in [5.41, 5.74) is 0.158. The molecule has 3 heteroatoms. The summed E-state index contributed by atoms with van der Waals surface area (Å²) < 4.78 is 4.84. The summed E-state index contributed by atoms with van der Waals surface area (Å²) in [5.74, 6) is -0.539. The standard InChI is InChI=1S/C8H8O3/c1-11-7-4-2-6(3-5-7)8(9)10/h2-5H,1H3,(H,9,10)/p-1. The molecule has 0 atom stereocenters. The van der Waals surface area contributed by atoms with Crippen LogP contribution in [0.15, 0.2) is 24.3 Å². The highest BCUT2D eigenvalue weighted by Gasteiger charge is 1.92. The molecular formula is C8H7O3-. The number of carboxylic acids is 1. The van der Waals surface area contributed by atoms with Crippen LogP contribution < -0.4 is 9.84 Å². The molecule has 0 aliphatic heterocycles. The van der Waals surface area contributed by atoms with Gasteiger partial charge in [0, 0.05) is 0 Å². The van der Waals surface area contributed by atoms with Crippen LogP contribution in [0.25, 0.3) is 0 Å². The number of rotatable bonds is 2. The average molecular weight is 151 g/mol. The van der Waals surface area contributed by atoms with Crippen LogP contribution in [-0.4, -0.2) is 13.1 Å². The van der Waals surface area contributed by atoms with Gasteiger partial charge in [0.15, 0.2) is 0 Å². The Morgan fingerprint density at radius 1 is 1.36 bits per heavy atom. The molecule has 0 saturated carbocycles. The van der Waals surface area contributed by atoms with E-state index in [4.69, 9.17) is 4.74 Å². The number of benzene rings is 1. The number of carbonyl (C=O) groups is 1. The van der Waals surface area contributed by atoms with E-state index in [9.17, 15) is 9.90 Å². The van der Waals surface area contributed by atoms with E-state index >= 15 is 0 Å². The van der Waals surface area contributed by atoms with E-state index in [-0.39, 0.29) is 5.56 Å². The quantitative estimate of drug-likeness (QED) is 0.600. The molecule has 3 nitrogen and oxygen atoms in total. The maximum atomic E-state index is 10.2. The second kappa shape index (κ2) is 3.05. The third-order valence-corrected chi connectivity index (χ3v) is 1.33. The van der Waals surface area contributed by atoms with Gasteiger partial charge >= 0.3 is 0 Å². The Bertz CT molecular complexity index is 251. The van der Waals surface area contributed by atoms with Crippen LogP contribution in [0.4, 0.5) is 0 Å². The number of ether oxygens (including phenoxy) is 1. The fourth-order valence-corrected chi connectivity index (χ4v) is 0.727. The summed E-state index contributed by atoms with van der Waals surface area (Å²) in [5, 5.41) is 10.2. The van der Waals surface area contributed by atoms with Gasteiger partial charge in [0.05, 0.1) is 13.1 Å². The number of carbonyl (C=O) groups excluding carboxylic acids is 1. The maximum absolute atomic E-state index is 10.2. The Hall–Kier alpha value is -1.51. The van der Waals surface area contributed by atoms with Crippen molar-refractivity contribution in [2.45, 2.75) is 0 Å². The Balaban J connectivity index is 2.91. The first-order valence-electron chi connectivity index (χ1n) is 3.09. The molecule has 0 unspecified atom stereocenters. The van der Waals surface area contributed by atoms with Gasteiger partial charge in [-0.25, -0.2) is 0 Å². The van der Waals surface area contributed by atoms with Gasteiger partial charge in [0.1, 0.15) is 5.75 Å². The third kappa shape index (κ3) is 1.70. The van der Waals surface area contributed by atoms with Gasteiger partial charge in [0.25, 0.3) is 0 Å². The number of methoxy groups -OCH3 is 1. The minimum absolute atomic E-state index is 0.158. The predicted octanol–water partition coefficient (Wildman–Crippen LogP) is 0.0587. The SMILES string of the molecule is COc1ccc(C(=O)[O-])cc1. The molecule has 0 N–H and O–H groups in total. The van der Waals surface area contributed by atoms with Crippen molar-refractivity contribution in [3.8, 4) is 5.75 Å². The molecule has 1 aromatic rings. The van der Waals surface area contributed by atoms with Crippen molar-refractivity contribution < 1.29 is 14.6 Å². The molecule has 0 aromatic heterocycles. The average Bonchev–Trinajstić information content (AvgIpc) is 2.05. The van der Waals surface area contributed by atoms with Crippen molar-refractivity contribution in [2.75, 3.05) is 7.11 Å². The van der Waals surface area contributed by atoms with E-state index in [2.05, 4.69) is 0 Å². The van der Waals surface area contributed by atoms with E-state index in [1.54, 1.807) is 12.1 Å². The van der Waals surface area contributed by atoms with Crippen molar-refractivity contribution in [3.05, 3.63) is 29.8 Å². The van der Waals surface area contributed by atoms with Gasteiger partial charge in [-0.2, -0.15) is 0 Å². The zero-order valence-electron chi connectivity index (χ0n) is 6.03. The molecule has 0 aliphatic carbocycles. The van der Waals surface area contributed by atoms with E-state index < -0.39 is 5.97 Å². The van der Waals surface area contributed by atoms with Crippen LogP contribution in [0.2, 0.25) is 0 Å². The van der Waals surface area contributed by atoms with Crippen molar-refractivity contribution >= 4 is 5.97 Å². The number of hydrogen-bond donors (Lipinski definition) is 0. The first kappa shape index (κ1) is 7.60. The topological polar surface area (TPSA) is 49.4 Å². The predicted molar refractivity (Wildman–Crippen MR) is 37.3 cm³/mol. The smallest absolute Gasteiger partial charge is 0.118 e. The molecule has 58 valence electrons. The second-order valence-electron chi connectivity index (χ2n) is 2.02. The highest BCUT2D eigenvalue weighted by molar-refractivity contribution is 5.85. The first-order valence-corrected chi connectivity index (χ1v) is 3.09. The number of carboxylic acid groups (broad SMARTS) is 1. The molecular weight excluding hydrogens is 144 g/mol. The third-order valence-electron chi connectivity index (χ3n) is 1.33. The molecule has 0 aliphatic rings. The molecule has 0 spiro atoms. The summed E-state index contributed by atoms with van der Waals surface area (Å²) in [7, 11) is 1.52. The first-order chi connectivity index (χ1) is 5.24. The summed E-state index contributed by atoms with van der Waals surface area (Å²) in [6.45, 7) is 0.